The summed E-state index contributed by atoms with van der Waals surface area (Å²) in [5.74, 6) is 1.30. The molecular formula is C30H28N6O3. The van der Waals surface area contributed by atoms with E-state index in [1.54, 1.807) is 20.1 Å². The molecule has 0 bridgehead atoms. The number of rotatable bonds is 8. The van der Waals surface area contributed by atoms with Gasteiger partial charge in [-0.2, -0.15) is 0 Å². The quantitative estimate of drug-likeness (QED) is 0.251. The lowest BCUT2D eigenvalue weighted by molar-refractivity contribution is -0.112. The van der Waals surface area contributed by atoms with Crippen molar-refractivity contribution in [3.8, 4) is 34.0 Å². The Morgan fingerprint density at radius 3 is 2.44 bits per heavy atom. The monoisotopic (exact) mass is 520 g/mol. The molecule has 0 saturated carbocycles. The van der Waals surface area contributed by atoms with Gasteiger partial charge in [-0.3, -0.25) is 4.79 Å². The van der Waals surface area contributed by atoms with E-state index in [-0.39, 0.29) is 5.91 Å². The van der Waals surface area contributed by atoms with Gasteiger partial charge in [-0.25, -0.2) is 15.0 Å². The van der Waals surface area contributed by atoms with Gasteiger partial charge in [-0.05, 0) is 48.4 Å². The fourth-order valence-corrected chi connectivity index (χ4v) is 4.40. The third kappa shape index (κ3) is 5.21. The number of nitrogens with two attached hydrogens (primary N) is 1. The van der Waals surface area contributed by atoms with Crippen LogP contribution in [0.1, 0.15) is 12.6 Å². The van der Waals surface area contributed by atoms with Gasteiger partial charge in [0.05, 0.1) is 23.4 Å². The second-order valence-electron chi connectivity index (χ2n) is 9.08. The van der Waals surface area contributed by atoms with E-state index in [0.717, 1.165) is 33.5 Å². The van der Waals surface area contributed by atoms with Crippen molar-refractivity contribution in [2.24, 2.45) is 7.05 Å². The van der Waals surface area contributed by atoms with Crippen LogP contribution in [0.25, 0.3) is 33.4 Å². The Balaban J connectivity index is 1.54. The SMILES string of the molecule is C=C(C)C(=O)Nc1ccc(-c2c(-c3ccc(Oc4cccc(COC)n4)cc3)c3c(N)ncnc3n2C)cc1. The van der Waals surface area contributed by atoms with E-state index in [4.69, 9.17) is 15.2 Å². The van der Waals surface area contributed by atoms with Crippen LogP contribution in [0.3, 0.4) is 0 Å². The molecule has 0 fully saturated rings. The van der Waals surface area contributed by atoms with E-state index in [0.29, 0.717) is 41.0 Å². The predicted molar refractivity (Wildman–Crippen MR) is 152 cm³/mol. The van der Waals surface area contributed by atoms with Crippen molar-refractivity contribution < 1.29 is 14.3 Å². The molecule has 2 aromatic carbocycles. The number of aromatic nitrogens is 4. The van der Waals surface area contributed by atoms with Crippen molar-refractivity contribution in [2.75, 3.05) is 18.2 Å². The fourth-order valence-electron chi connectivity index (χ4n) is 4.40. The van der Waals surface area contributed by atoms with E-state index in [2.05, 4.69) is 26.8 Å². The summed E-state index contributed by atoms with van der Waals surface area (Å²) in [4.78, 5) is 25.3. The van der Waals surface area contributed by atoms with Gasteiger partial charge in [0.2, 0.25) is 5.88 Å². The Labute approximate surface area is 226 Å². The molecule has 0 aliphatic carbocycles. The molecule has 0 saturated heterocycles. The van der Waals surface area contributed by atoms with Crippen molar-refractivity contribution >= 4 is 28.4 Å². The van der Waals surface area contributed by atoms with Crippen molar-refractivity contribution in [1.82, 2.24) is 19.5 Å². The number of carbonyl (C=O) groups is 1. The maximum absolute atomic E-state index is 12.0. The van der Waals surface area contributed by atoms with E-state index in [9.17, 15) is 4.79 Å². The van der Waals surface area contributed by atoms with Crippen LogP contribution in [0.2, 0.25) is 0 Å². The molecule has 0 radical (unpaired) electrons. The van der Waals surface area contributed by atoms with Crippen LogP contribution in [0.15, 0.2) is 85.2 Å². The topological polar surface area (TPSA) is 117 Å². The highest BCUT2D eigenvalue weighted by Gasteiger charge is 2.22. The second-order valence-corrected chi connectivity index (χ2v) is 9.08. The molecule has 3 aromatic heterocycles. The van der Waals surface area contributed by atoms with Gasteiger partial charge in [0.25, 0.3) is 5.91 Å². The van der Waals surface area contributed by atoms with E-state index < -0.39 is 0 Å². The summed E-state index contributed by atoms with van der Waals surface area (Å²) in [5.41, 5.74) is 12.6. The van der Waals surface area contributed by atoms with E-state index >= 15 is 0 Å². The average Bonchev–Trinajstić information content (AvgIpc) is 3.23. The van der Waals surface area contributed by atoms with Gasteiger partial charge in [-0.15, -0.1) is 0 Å². The van der Waals surface area contributed by atoms with Crippen LogP contribution in [0.4, 0.5) is 11.5 Å². The molecule has 5 aromatic rings. The summed E-state index contributed by atoms with van der Waals surface area (Å²) in [6, 6.07) is 20.9. The number of amides is 1. The Kier molecular flexibility index (Phi) is 7.07. The summed E-state index contributed by atoms with van der Waals surface area (Å²) in [7, 11) is 3.57. The Morgan fingerprint density at radius 2 is 1.74 bits per heavy atom. The molecule has 3 N–H and O–H groups in total. The second kappa shape index (κ2) is 10.8. The number of carbonyl (C=O) groups excluding carboxylic acids is 1. The maximum Gasteiger partial charge on any atom is 0.250 e. The molecule has 0 spiro atoms. The number of nitrogens with one attached hydrogen (secondary N) is 1. The molecule has 196 valence electrons. The molecular weight excluding hydrogens is 492 g/mol. The van der Waals surface area contributed by atoms with Crippen LogP contribution in [-0.4, -0.2) is 32.5 Å². The number of benzene rings is 2. The number of fused-ring (bicyclic) bond motifs is 1. The van der Waals surface area contributed by atoms with Gasteiger partial charge in [0.1, 0.15) is 23.5 Å². The predicted octanol–water partition coefficient (Wildman–Crippen LogP) is 5.73. The van der Waals surface area contributed by atoms with Gasteiger partial charge >= 0.3 is 0 Å². The summed E-state index contributed by atoms with van der Waals surface area (Å²) < 4.78 is 13.1. The van der Waals surface area contributed by atoms with E-state index in [1.807, 2.05) is 72.3 Å². The van der Waals surface area contributed by atoms with Gasteiger partial charge in [-0.1, -0.05) is 36.9 Å². The standard InChI is InChI=1S/C30H28N6O3/c1-18(2)30(37)35-21-12-8-20(9-13-21)27-25(26-28(31)32-17-33-29(26)36(27)3)19-10-14-23(15-11-19)39-24-7-5-6-22(34-24)16-38-4/h5-15,17H,1,16H2,2-4H3,(H,35,37)(H2,31,32,33). The molecule has 39 heavy (non-hydrogen) atoms. The lowest BCUT2D eigenvalue weighted by Crippen LogP contribution is -2.11. The lowest BCUT2D eigenvalue weighted by atomic mass is 9.98. The first-order valence-electron chi connectivity index (χ1n) is 12.2. The van der Waals surface area contributed by atoms with Crippen molar-refractivity contribution in [3.05, 3.63) is 90.9 Å². The first kappa shape index (κ1) is 25.6. The van der Waals surface area contributed by atoms with Gasteiger partial charge < -0.3 is 25.1 Å². The number of hydrogen-bond donors (Lipinski definition) is 2. The third-order valence-electron chi connectivity index (χ3n) is 6.24. The number of aryl methyl sites for hydroxylation is 1. The Morgan fingerprint density at radius 1 is 1.03 bits per heavy atom. The molecule has 5 rings (SSSR count). The third-order valence-corrected chi connectivity index (χ3v) is 6.24. The number of ether oxygens (including phenoxy) is 2. The first-order valence-corrected chi connectivity index (χ1v) is 12.2. The highest BCUT2D eigenvalue weighted by atomic mass is 16.5. The highest BCUT2D eigenvalue weighted by Crippen LogP contribution is 2.42. The number of nitrogen functional groups attached to an aromatic ring is 1. The van der Waals surface area contributed by atoms with Crippen LogP contribution in [-0.2, 0) is 23.2 Å². The summed E-state index contributed by atoms with van der Waals surface area (Å²) in [6.07, 6.45) is 1.46. The molecule has 3 heterocycles. The lowest BCUT2D eigenvalue weighted by Gasteiger charge is -2.11. The average molecular weight is 521 g/mol. The van der Waals surface area contributed by atoms with Gasteiger partial charge in [0, 0.05) is 37.0 Å². The molecule has 0 atom stereocenters. The molecule has 1 amide bonds. The fraction of sp³-hybridized carbons (Fsp3) is 0.133. The zero-order valence-electron chi connectivity index (χ0n) is 21.9. The normalized spacial score (nSPS) is 10.9. The van der Waals surface area contributed by atoms with Crippen LogP contribution in [0.5, 0.6) is 11.6 Å². The smallest absolute Gasteiger partial charge is 0.250 e. The number of nitrogens with zero attached hydrogens (tertiary/aromatic N) is 4. The number of methoxy groups -OCH3 is 1. The summed E-state index contributed by atoms with van der Waals surface area (Å²) in [6.45, 7) is 5.77. The zero-order chi connectivity index (χ0) is 27.5. The minimum Gasteiger partial charge on any atom is -0.439 e. The van der Waals surface area contributed by atoms with Gasteiger partial charge in [0.15, 0.2) is 0 Å². The highest BCUT2D eigenvalue weighted by molar-refractivity contribution is 6.08. The number of anilines is 2. The van der Waals surface area contributed by atoms with Crippen molar-refractivity contribution in [2.45, 2.75) is 13.5 Å². The Bertz CT molecular complexity index is 1670. The molecule has 9 nitrogen and oxygen atoms in total. The molecule has 0 aliphatic heterocycles. The Hall–Kier alpha value is -5.02. The van der Waals surface area contributed by atoms with Crippen LogP contribution >= 0.6 is 0 Å². The number of pyridine rings is 1. The summed E-state index contributed by atoms with van der Waals surface area (Å²) >= 11 is 0. The molecule has 0 unspecified atom stereocenters. The van der Waals surface area contributed by atoms with Crippen molar-refractivity contribution in [3.63, 3.8) is 0 Å². The first-order chi connectivity index (χ1) is 18.9. The number of hydrogen-bond acceptors (Lipinski definition) is 7. The van der Waals surface area contributed by atoms with Crippen LogP contribution in [0, 0.1) is 0 Å². The minimum atomic E-state index is -0.223. The largest absolute Gasteiger partial charge is 0.439 e. The minimum absolute atomic E-state index is 0.223. The maximum atomic E-state index is 12.0. The zero-order valence-corrected chi connectivity index (χ0v) is 21.9. The van der Waals surface area contributed by atoms with Crippen LogP contribution < -0.4 is 15.8 Å². The van der Waals surface area contributed by atoms with E-state index in [1.165, 1.54) is 6.33 Å². The van der Waals surface area contributed by atoms with Crippen molar-refractivity contribution in [1.29, 1.82) is 0 Å². The molecule has 9 heteroatoms. The summed E-state index contributed by atoms with van der Waals surface area (Å²) in [5, 5.41) is 3.60. The molecule has 0 aliphatic rings.